The Bertz CT molecular complexity index is 1180. The Kier molecular flexibility index (Phi) is 20.9. The van der Waals surface area contributed by atoms with E-state index in [9.17, 15) is 0 Å². The maximum atomic E-state index is 5.33. The molecule has 248 valence electrons. The third-order valence-corrected chi connectivity index (χ3v) is 7.49. The Hall–Kier alpha value is -2.92. The first-order valence-electron chi connectivity index (χ1n) is 16.4. The molecule has 2 atom stereocenters. The van der Waals surface area contributed by atoms with Crippen LogP contribution in [0.2, 0.25) is 0 Å². The fraction of sp³-hybridized carbons (Fsp3) is 0.357. The predicted octanol–water partition coefficient (Wildman–Crippen LogP) is 12.1. The summed E-state index contributed by atoms with van der Waals surface area (Å²) in [6.07, 6.45) is 6.18. The number of rotatable bonds is 6. The minimum absolute atomic E-state index is 0. The van der Waals surface area contributed by atoms with Gasteiger partial charge in [0.1, 0.15) is 0 Å². The summed E-state index contributed by atoms with van der Waals surface area (Å²) in [4.78, 5) is 0. The first kappa shape index (κ1) is 41.1. The minimum atomic E-state index is 0. The molecule has 4 aromatic carbocycles. The van der Waals surface area contributed by atoms with Crippen LogP contribution in [-0.4, -0.2) is 31.2 Å². The molecule has 3 nitrogen and oxygen atoms in total. The minimum Gasteiger partial charge on any atom is -0.682 e. The van der Waals surface area contributed by atoms with Gasteiger partial charge >= 0.3 is 0 Å². The standard InChI is InChI=1S/C21H35N3.3C7H7.Hf/c1-15(2)17-11-10-12-18(16(3)4)21(17)22-19-13-8-7-9-14-20(19)23-24(5)6;3*1-7-5-3-2-4-6-7;/h10-12,15-16,19-20H,7-9,13-14H2,1-6H3;3*2-6H,1H2;/q-2;3*-1;. The number of hydrogen-bond donors (Lipinski definition) is 0. The molecule has 0 amide bonds. The Morgan fingerprint density at radius 1 is 0.543 bits per heavy atom. The van der Waals surface area contributed by atoms with Gasteiger partial charge in [-0.1, -0.05) is 107 Å². The fourth-order valence-electron chi connectivity index (χ4n) is 5.11. The van der Waals surface area contributed by atoms with Crippen LogP contribution in [0.25, 0.3) is 10.7 Å². The number of hydrogen-bond acceptors (Lipinski definition) is 1. The molecule has 46 heavy (non-hydrogen) atoms. The van der Waals surface area contributed by atoms with Gasteiger partial charge in [-0.3, -0.25) is 0 Å². The van der Waals surface area contributed by atoms with Crippen LogP contribution in [0.15, 0.2) is 109 Å². The molecular weight excluding hydrogens is 725 g/mol. The number of para-hydroxylation sites is 1. The van der Waals surface area contributed by atoms with Crippen LogP contribution in [0.5, 0.6) is 0 Å². The SMILES string of the molecule is CC(C)c1cccc(C(C)C)c1[N-]C1CCCCCC1[N-]N(C)C.[CH2-]c1ccccc1.[CH2-]c1ccccc1.[CH2-]c1ccccc1.[Hf]. The molecule has 2 unspecified atom stereocenters. The van der Waals surface area contributed by atoms with E-state index in [0.29, 0.717) is 23.9 Å². The van der Waals surface area contributed by atoms with Gasteiger partial charge in [-0.05, 0) is 25.9 Å². The molecule has 0 aromatic heterocycles. The van der Waals surface area contributed by atoms with Crippen molar-refractivity contribution in [2.45, 2.75) is 83.7 Å². The van der Waals surface area contributed by atoms with Crippen molar-refractivity contribution in [2.75, 3.05) is 14.1 Å². The van der Waals surface area contributed by atoms with E-state index in [-0.39, 0.29) is 25.8 Å². The molecule has 0 heterocycles. The summed E-state index contributed by atoms with van der Waals surface area (Å²) in [5.41, 5.74) is 12.1. The van der Waals surface area contributed by atoms with Crippen LogP contribution in [0.1, 0.15) is 99.5 Å². The van der Waals surface area contributed by atoms with E-state index < -0.39 is 0 Å². The molecule has 0 bridgehead atoms. The van der Waals surface area contributed by atoms with Gasteiger partial charge < -0.3 is 15.8 Å². The van der Waals surface area contributed by atoms with Crippen molar-refractivity contribution in [3.05, 3.63) is 169 Å². The zero-order valence-electron chi connectivity index (χ0n) is 29.2. The van der Waals surface area contributed by atoms with Gasteiger partial charge in [0.25, 0.3) is 0 Å². The van der Waals surface area contributed by atoms with E-state index in [4.69, 9.17) is 10.7 Å². The summed E-state index contributed by atoms with van der Waals surface area (Å²) in [7, 11) is 4.06. The molecule has 5 rings (SSSR count). The van der Waals surface area contributed by atoms with Crippen LogP contribution < -0.4 is 0 Å². The monoisotopic (exact) mass is 782 g/mol. The zero-order chi connectivity index (χ0) is 33.0. The quantitative estimate of drug-likeness (QED) is 0.0830. The van der Waals surface area contributed by atoms with E-state index in [1.807, 2.05) is 110 Å². The van der Waals surface area contributed by atoms with Crippen molar-refractivity contribution in [2.24, 2.45) is 0 Å². The molecule has 0 aliphatic heterocycles. The van der Waals surface area contributed by atoms with E-state index in [1.165, 1.54) is 36.1 Å². The van der Waals surface area contributed by atoms with Crippen molar-refractivity contribution >= 4 is 5.69 Å². The second-order valence-electron chi connectivity index (χ2n) is 12.4. The molecule has 0 radical (unpaired) electrons. The van der Waals surface area contributed by atoms with Gasteiger partial charge in [-0.25, -0.2) is 0 Å². The molecule has 1 aliphatic carbocycles. The van der Waals surface area contributed by atoms with Crippen molar-refractivity contribution in [1.82, 2.24) is 5.01 Å². The van der Waals surface area contributed by atoms with Crippen LogP contribution in [0.3, 0.4) is 0 Å². The summed E-state index contributed by atoms with van der Waals surface area (Å²) in [5, 5.41) is 7.30. The Morgan fingerprint density at radius 2 is 0.913 bits per heavy atom. The van der Waals surface area contributed by atoms with Gasteiger partial charge in [0.2, 0.25) is 0 Å². The van der Waals surface area contributed by atoms with E-state index in [0.717, 1.165) is 29.5 Å². The summed E-state index contributed by atoms with van der Waals surface area (Å²) >= 11 is 0. The summed E-state index contributed by atoms with van der Waals surface area (Å²) in [6, 6.07) is 37.0. The number of benzene rings is 4. The molecule has 4 heteroatoms. The third-order valence-electron chi connectivity index (χ3n) is 7.49. The maximum Gasteiger partial charge on any atom is 0 e. The van der Waals surface area contributed by atoms with Crippen molar-refractivity contribution < 1.29 is 25.8 Å². The second-order valence-corrected chi connectivity index (χ2v) is 12.4. The first-order chi connectivity index (χ1) is 21.6. The van der Waals surface area contributed by atoms with Crippen LogP contribution >= 0.6 is 0 Å². The van der Waals surface area contributed by atoms with E-state index in [2.05, 4.69) is 66.7 Å². The van der Waals surface area contributed by atoms with E-state index in [1.54, 1.807) is 0 Å². The Labute approximate surface area is 301 Å². The normalized spacial score (nSPS) is 15.5. The first-order valence-corrected chi connectivity index (χ1v) is 16.4. The molecule has 0 N–H and O–H groups in total. The Morgan fingerprint density at radius 3 is 1.22 bits per heavy atom. The molecule has 4 aromatic rings. The Balaban J connectivity index is 0.000000385. The fourth-order valence-corrected chi connectivity index (χ4v) is 5.11. The van der Waals surface area contributed by atoms with Crippen LogP contribution in [0.4, 0.5) is 5.69 Å². The maximum absolute atomic E-state index is 5.33. The smallest absolute Gasteiger partial charge is 0 e. The molecule has 1 aliphatic rings. The van der Waals surface area contributed by atoms with Crippen LogP contribution in [-0.2, 0) is 25.8 Å². The predicted molar refractivity (Wildman–Crippen MR) is 198 cm³/mol. The van der Waals surface area contributed by atoms with Crippen molar-refractivity contribution in [3.63, 3.8) is 0 Å². The van der Waals surface area contributed by atoms with Gasteiger partial charge in [-0.15, -0.1) is 54.2 Å². The molecule has 0 saturated heterocycles. The summed E-state index contributed by atoms with van der Waals surface area (Å²) in [5.74, 6) is 0.995. The largest absolute Gasteiger partial charge is 0.682 e. The summed E-state index contributed by atoms with van der Waals surface area (Å²) in [6.45, 7) is 20.2. The second kappa shape index (κ2) is 23.4. The van der Waals surface area contributed by atoms with Gasteiger partial charge in [-0.2, -0.15) is 73.9 Å². The van der Waals surface area contributed by atoms with Gasteiger partial charge in [0.05, 0.1) is 0 Å². The van der Waals surface area contributed by atoms with Crippen molar-refractivity contribution in [1.29, 1.82) is 0 Å². The topological polar surface area (TPSA) is 31.4 Å². The molecule has 1 fully saturated rings. The zero-order valence-corrected chi connectivity index (χ0v) is 32.8. The van der Waals surface area contributed by atoms with Crippen LogP contribution in [0, 0.1) is 20.8 Å². The average Bonchev–Trinajstić information content (AvgIpc) is 3.23. The van der Waals surface area contributed by atoms with E-state index >= 15 is 0 Å². The molecular formula is C42H56HfN3-5. The van der Waals surface area contributed by atoms with Gasteiger partial charge in [0.15, 0.2) is 0 Å². The van der Waals surface area contributed by atoms with Crippen molar-refractivity contribution in [3.8, 4) is 0 Å². The number of nitrogens with zero attached hydrogens (tertiary/aromatic N) is 3. The summed E-state index contributed by atoms with van der Waals surface area (Å²) < 4.78 is 0. The van der Waals surface area contributed by atoms with Gasteiger partial charge in [0, 0.05) is 25.8 Å². The average molecular weight is 781 g/mol. The molecule has 0 spiro atoms. The third kappa shape index (κ3) is 16.6. The molecule has 1 saturated carbocycles.